The molecule has 0 aromatic heterocycles. The van der Waals surface area contributed by atoms with E-state index >= 15 is 0 Å². The lowest BCUT2D eigenvalue weighted by Gasteiger charge is -2.26. The van der Waals surface area contributed by atoms with Crippen LogP contribution >= 0.6 is 0 Å². The van der Waals surface area contributed by atoms with E-state index in [0.29, 0.717) is 6.54 Å². The Labute approximate surface area is 136 Å². The monoisotopic (exact) mass is 311 g/mol. The maximum Gasteiger partial charge on any atom is 0.305 e. The number of carboxylic acid groups (broad SMARTS) is 1. The van der Waals surface area contributed by atoms with E-state index < -0.39 is 11.9 Å². The number of benzene rings is 2. The largest absolute Gasteiger partial charge is 0.481 e. The molecule has 1 N–H and O–H groups in total. The predicted molar refractivity (Wildman–Crippen MR) is 89.2 cm³/mol. The summed E-state index contributed by atoms with van der Waals surface area (Å²) in [5.74, 6) is -1.37. The van der Waals surface area contributed by atoms with Crippen LogP contribution in [0.5, 0.6) is 0 Å². The van der Waals surface area contributed by atoms with Gasteiger partial charge in [0.2, 0.25) is 5.91 Å². The van der Waals surface area contributed by atoms with E-state index in [-0.39, 0.29) is 18.9 Å². The van der Waals surface area contributed by atoms with Crippen molar-refractivity contribution in [1.29, 1.82) is 0 Å². The zero-order valence-corrected chi connectivity index (χ0v) is 13.2. The highest BCUT2D eigenvalue weighted by Crippen LogP contribution is 2.26. The molecule has 1 amide bonds. The Kier molecular flexibility index (Phi) is 5.92. The fourth-order valence-electron chi connectivity index (χ4n) is 2.61. The van der Waals surface area contributed by atoms with Gasteiger partial charge in [-0.05, 0) is 18.1 Å². The van der Waals surface area contributed by atoms with Gasteiger partial charge in [0.15, 0.2) is 0 Å². The summed E-state index contributed by atoms with van der Waals surface area (Å²) in [5.41, 5.74) is 1.83. The lowest BCUT2D eigenvalue weighted by molar-refractivity contribution is -0.138. The second-order valence-corrected chi connectivity index (χ2v) is 5.32. The third kappa shape index (κ3) is 4.42. The van der Waals surface area contributed by atoms with Crippen molar-refractivity contribution in [1.82, 2.24) is 4.90 Å². The molecular formula is C19H21NO3. The molecule has 0 aliphatic carbocycles. The number of carbonyl (C=O) groups is 2. The van der Waals surface area contributed by atoms with Crippen LogP contribution < -0.4 is 0 Å². The number of rotatable bonds is 7. The van der Waals surface area contributed by atoms with E-state index in [0.717, 1.165) is 11.1 Å². The molecule has 2 aromatic rings. The van der Waals surface area contributed by atoms with E-state index in [1.165, 1.54) is 0 Å². The van der Waals surface area contributed by atoms with Crippen LogP contribution in [0.1, 0.15) is 30.4 Å². The summed E-state index contributed by atoms with van der Waals surface area (Å²) in [6.45, 7) is 2.58. The minimum Gasteiger partial charge on any atom is -0.481 e. The Bertz CT molecular complexity index is 601. The van der Waals surface area contributed by atoms with Gasteiger partial charge in [-0.25, -0.2) is 0 Å². The fraction of sp³-hybridized carbons (Fsp3) is 0.263. The molecule has 0 aliphatic heterocycles. The van der Waals surface area contributed by atoms with Gasteiger partial charge >= 0.3 is 5.97 Å². The first kappa shape index (κ1) is 16.7. The lowest BCUT2D eigenvalue weighted by atomic mass is 9.90. The van der Waals surface area contributed by atoms with Crippen LogP contribution in [0.15, 0.2) is 60.7 Å². The molecule has 0 saturated heterocycles. The van der Waals surface area contributed by atoms with E-state index in [2.05, 4.69) is 0 Å². The molecule has 0 radical (unpaired) electrons. The molecule has 4 nitrogen and oxygen atoms in total. The van der Waals surface area contributed by atoms with Gasteiger partial charge in [-0.2, -0.15) is 0 Å². The van der Waals surface area contributed by atoms with Crippen molar-refractivity contribution in [3.8, 4) is 0 Å². The van der Waals surface area contributed by atoms with E-state index in [9.17, 15) is 9.59 Å². The van der Waals surface area contributed by atoms with Gasteiger partial charge in [-0.15, -0.1) is 0 Å². The highest BCUT2D eigenvalue weighted by atomic mass is 16.4. The average Bonchev–Trinajstić information content (AvgIpc) is 2.57. The Morgan fingerprint density at radius 2 is 1.43 bits per heavy atom. The zero-order chi connectivity index (χ0) is 16.7. The molecule has 4 heteroatoms. The molecule has 2 rings (SSSR count). The van der Waals surface area contributed by atoms with Gasteiger partial charge < -0.3 is 10.0 Å². The van der Waals surface area contributed by atoms with Crippen molar-refractivity contribution in [2.45, 2.75) is 19.3 Å². The predicted octanol–water partition coefficient (Wildman–Crippen LogP) is 3.14. The van der Waals surface area contributed by atoms with Crippen molar-refractivity contribution in [3.63, 3.8) is 0 Å². The van der Waals surface area contributed by atoms with Gasteiger partial charge in [-0.3, -0.25) is 9.59 Å². The van der Waals surface area contributed by atoms with Gasteiger partial charge in [-0.1, -0.05) is 60.7 Å². The number of carboxylic acids is 1. The van der Waals surface area contributed by atoms with Crippen LogP contribution in [0, 0.1) is 0 Å². The van der Waals surface area contributed by atoms with Gasteiger partial charge in [0, 0.05) is 13.1 Å². The molecule has 2 aromatic carbocycles. The number of nitrogens with zero attached hydrogens (tertiary/aromatic N) is 1. The first-order valence-corrected chi connectivity index (χ1v) is 7.74. The zero-order valence-electron chi connectivity index (χ0n) is 13.2. The molecule has 0 aliphatic rings. The van der Waals surface area contributed by atoms with E-state index in [1.54, 1.807) is 4.90 Å². The average molecular weight is 311 g/mol. The molecule has 0 fully saturated rings. The van der Waals surface area contributed by atoms with Crippen LogP contribution in [0.4, 0.5) is 0 Å². The second-order valence-electron chi connectivity index (χ2n) is 5.32. The maximum absolute atomic E-state index is 13.0. The van der Waals surface area contributed by atoms with Crippen molar-refractivity contribution >= 4 is 11.9 Å². The summed E-state index contributed by atoms with van der Waals surface area (Å²) in [6, 6.07) is 19.2. The second kappa shape index (κ2) is 8.13. The number of hydrogen-bond acceptors (Lipinski definition) is 2. The third-order valence-electron chi connectivity index (χ3n) is 3.80. The molecule has 120 valence electrons. The summed E-state index contributed by atoms with van der Waals surface area (Å²) in [5, 5.41) is 8.87. The van der Waals surface area contributed by atoms with Crippen molar-refractivity contribution in [2.75, 3.05) is 13.1 Å². The minimum absolute atomic E-state index is 0.0458. The van der Waals surface area contributed by atoms with Crippen LogP contribution in [0.25, 0.3) is 0 Å². The standard InChI is InChI=1S/C19H21NO3/c1-2-20(14-13-17(21)22)19(23)18(15-9-5-3-6-10-15)16-11-7-4-8-12-16/h3-12,18H,2,13-14H2,1H3,(H,21,22). The molecule has 23 heavy (non-hydrogen) atoms. The Morgan fingerprint density at radius 1 is 0.957 bits per heavy atom. The SMILES string of the molecule is CCN(CCC(=O)O)C(=O)C(c1ccccc1)c1ccccc1. The molecular weight excluding hydrogens is 290 g/mol. The van der Waals surface area contributed by atoms with Crippen LogP contribution in [0.3, 0.4) is 0 Å². The Morgan fingerprint density at radius 3 is 1.83 bits per heavy atom. The highest BCUT2D eigenvalue weighted by molar-refractivity contribution is 5.87. The van der Waals surface area contributed by atoms with Gasteiger partial charge in [0.1, 0.15) is 0 Å². The molecule has 0 heterocycles. The van der Waals surface area contributed by atoms with Crippen molar-refractivity contribution in [3.05, 3.63) is 71.8 Å². The summed E-state index contributed by atoms with van der Waals surface area (Å²) in [4.78, 5) is 25.4. The summed E-state index contributed by atoms with van der Waals surface area (Å²) < 4.78 is 0. The van der Waals surface area contributed by atoms with Crippen molar-refractivity contribution in [2.24, 2.45) is 0 Å². The number of aliphatic carboxylic acids is 1. The molecule has 0 spiro atoms. The maximum atomic E-state index is 13.0. The Balaban J connectivity index is 2.33. The molecule has 0 bridgehead atoms. The quantitative estimate of drug-likeness (QED) is 0.854. The number of amides is 1. The van der Waals surface area contributed by atoms with Gasteiger partial charge in [0.25, 0.3) is 0 Å². The number of carbonyl (C=O) groups excluding carboxylic acids is 1. The molecule has 0 saturated carbocycles. The van der Waals surface area contributed by atoms with Crippen LogP contribution in [-0.2, 0) is 9.59 Å². The lowest BCUT2D eigenvalue weighted by Crippen LogP contribution is -2.37. The molecule has 0 unspecified atom stereocenters. The fourth-order valence-corrected chi connectivity index (χ4v) is 2.61. The molecule has 0 atom stereocenters. The smallest absolute Gasteiger partial charge is 0.305 e. The topological polar surface area (TPSA) is 57.6 Å². The van der Waals surface area contributed by atoms with E-state index in [1.807, 2.05) is 67.6 Å². The summed E-state index contributed by atoms with van der Waals surface area (Å²) >= 11 is 0. The van der Waals surface area contributed by atoms with Crippen LogP contribution in [-0.4, -0.2) is 35.0 Å². The van der Waals surface area contributed by atoms with Crippen molar-refractivity contribution < 1.29 is 14.7 Å². The summed E-state index contributed by atoms with van der Waals surface area (Å²) in [6.07, 6.45) is -0.0458. The highest BCUT2D eigenvalue weighted by Gasteiger charge is 2.26. The number of likely N-dealkylation sites (N-methyl/N-ethyl adjacent to an activating group) is 1. The third-order valence-corrected chi connectivity index (χ3v) is 3.80. The van der Waals surface area contributed by atoms with Crippen LogP contribution in [0.2, 0.25) is 0 Å². The first-order valence-electron chi connectivity index (χ1n) is 7.74. The van der Waals surface area contributed by atoms with E-state index in [4.69, 9.17) is 5.11 Å². The van der Waals surface area contributed by atoms with Gasteiger partial charge in [0.05, 0.1) is 12.3 Å². The number of hydrogen-bond donors (Lipinski definition) is 1. The first-order chi connectivity index (χ1) is 11.1. The Hall–Kier alpha value is -2.62. The summed E-state index contributed by atoms with van der Waals surface area (Å²) in [7, 11) is 0. The minimum atomic E-state index is -0.896. The normalized spacial score (nSPS) is 10.5.